The van der Waals surface area contributed by atoms with Crippen LogP contribution in [0, 0.1) is 6.92 Å². The summed E-state index contributed by atoms with van der Waals surface area (Å²) in [7, 11) is 0. The summed E-state index contributed by atoms with van der Waals surface area (Å²) in [5.74, 6) is -0.326. The number of thiophene rings is 1. The molecule has 0 unspecified atom stereocenters. The molecule has 8 heteroatoms. The summed E-state index contributed by atoms with van der Waals surface area (Å²) in [5.41, 5.74) is 1.61. The van der Waals surface area contributed by atoms with Crippen LogP contribution in [0.25, 0.3) is 9.88 Å². The molecule has 0 fully saturated rings. The number of esters is 1. The molecule has 3 aromatic rings. The number of hydrogen-bond acceptors (Lipinski definition) is 7. The molecule has 23 heavy (non-hydrogen) atoms. The lowest BCUT2D eigenvalue weighted by Gasteiger charge is -2.05. The second-order valence-corrected chi connectivity index (χ2v) is 7.45. The highest BCUT2D eigenvalue weighted by atomic mass is 32.1. The van der Waals surface area contributed by atoms with E-state index >= 15 is 0 Å². The first-order chi connectivity index (χ1) is 11.1. The van der Waals surface area contributed by atoms with Crippen LogP contribution in [0.3, 0.4) is 0 Å². The van der Waals surface area contributed by atoms with Crippen LogP contribution in [0.5, 0.6) is 0 Å². The van der Waals surface area contributed by atoms with E-state index in [4.69, 9.17) is 4.74 Å². The first kappa shape index (κ1) is 16.1. The van der Waals surface area contributed by atoms with Gasteiger partial charge in [0.05, 0.1) is 17.0 Å². The van der Waals surface area contributed by atoms with Crippen molar-refractivity contribution >= 4 is 40.0 Å². The van der Waals surface area contributed by atoms with Gasteiger partial charge in [0, 0.05) is 23.0 Å². The lowest BCUT2D eigenvalue weighted by molar-refractivity contribution is -0.145. The van der Waals surface area contributed by atoms with Gasteiger partial charge in [0.2, 0.25) is 0 Å². The maximum atomic E-state index is 11.8. The Morgan fingerprint density at radius 3 is 2.87 bits per heavy atom. The number of carbonyl (C=O) groups excluding carboxylic acids is 1. The molecule has 0 aliphatic heterocycles. The zero-order valence-corrected chi connectivity index (χ0v) is 14.8. The average Bonchev–Trinajstić information content (AvgIpc) is 3.25. The van der Waals surface area contributed by atoms with Crippen molar-refractivity contribution in [3.05, 3.63) is 49.3 Å². The molecule has 3 rings (SSSR count). The van der Waals surface area contributed by atoms with Gasteiger partial charge < -0.3 is 9.30 Å². The summed E-state index contributed by atoms with van der Waals surface area (Å²) in [6.07, 6.45) is 0.180. The molecule has 0 spiro atoms. The molecule has 0 radical (unpaired) electrons. The molecular formula is C15H14N2O3S3. The smallest absolute Gasteiger partial charge is 0.307 e. The highest BCUT2D eigenvalue weighted by Gasteiger charge is 2.10. The van der Waals surface area contributed by atoms with Crippen molar-refractivity contribution in [3.8, 4) is 9.88 Å². The minimum Gasteiger partial charge on any atom is -0.459 e. The third-order valence-electron chi connectivity index (χ3n) is 3.18. The van der Waals surface area contributed by atoms with Crippen molar-refractivity contribution in [2.75, 3.05) is 0 Å². The van der Waals surface area contributed by atoms with Crippen LogP contribution in [-0.2, 0) is 22.7 Å². The maximum Gasteiger partial charge on any atom is 0.307 e. The van der Waals surface area contributed by atoms with Crippen LogP contribution < -0.4 is 4.87 Å². The standard InChI is InChI=1S/C15H14N2O3S3/c1-10-8-23-15(19)17(10)5-4-13(18)20-7-11-9-22-14(16-11)12-3-2-6-21-12/h2-3,6,8-9H,4-5,7H2,1H3. The van der Waals surface area contributed by atoms with Gasteiger partial charge >= 0.3 is 10.8 Å². The third-order valence-corrected chi connectivity index (χ3v) is 5.99. The zero-order chi connectivity index (χ0) is 16.2. The van der Waals surface area contributed by atoms with Crippen LogP contribution in [0.15, 0.2) is 33.1 Å². The van der Waals surface area contributed by atoms with E-state index in [9.17, 15) is 9.59 Å². The van der Waals surface area contributed by atoms with Crippen molar-refractivity contribution in [2.45, 2.75) is 26.5 Å². The monoisotopic (exact) mass is 366 g/mol. The van der Waals surface area contributed by atoms with Crippen LogP contribution in [0.2, 0.25) is 0 Å². The molecule has 0 amide bonds. The van der Waals surface area contributed by atoms with E-state index < -0.39 is 0 Å². The number of aromatic nitrogens is 2. The normalized spacial score (nSPS) is 10.8. The Hall–Kier alpha value is -1.77. The summed E-state index contributed by atoms with van der Waals surface area (Å²) in [6.45, 7) is 2.37. The second kappa shape index (κ2) is 7.20. The third kappa shape index (κ3) is 3.95. The Bertz CT molecular complexity index is 846. The number of aryl methyl sites for hydroxylation is 1. The predicted molar refractivity (Wildman–Crippen MR) is 93.2 cm³/mol. The van der Waals surface area contributed by atoms with Crippen molar-refractivity contribution in [1.82, 2.24) is 9.55 Å². The maximum absolute atomic E-state index is 11.8. The number of ether oxygens (including phenoxy) is 1. The largest absolute Gasteiger partial charge is 0.459 e. The van der Waals surface area contributed by atoms with Gasteiger partial charge in [0.15, 0.2) is 0 Å². The minimum atomic E-state index is -0.326. The van der Waals surface area contributed by atoms with Crippen LogP contribution in [0.1, 0.15) is 17.8 Å². The number of carbonyl (C=O) groups is 1. The van der Waals surface area contributed by atoms with E-state index in [1.807, 2.05) is 29.8 Å². The Labute approximate surface area is 144 Å². The van der Waals surface area contributed by atoms with Crippen LogP contribution >= 0.6 is 34.0 Å². The topological polar surface area (TPSA) is 61.2 Å². The Morgan fingerprint density at radius 1 is 1.30 bits per heavy atom. The van der Waals surface area contributed by atoms with E-state index in [-0.39, 0.29) is 23.9 Å². The van der Waals surface area contributed by atoms with E-state index in [1.165, 1.54) is 11.3 Å². The van der Waals surface area contributed by atoms with E-state index in [0.717, 1.165) is 32.6 Å². The fourth-order valence-electron chi connectivity index (χ4n) is 1.99. The van der Waals surface area contributed by atoms with Gasteiger partial charge in [-0.3, -0.25) is 9.59 Å². The summed E-state index contributed by atoms with van der Waals surface area (Å²) in [6, 6.07) is 4.00. The molecule has 0 saturated carbocycles. The molecule has 120 valence electrons. The number of thiazole rings is 2. The number of nitrogens with zero attached hydrogens (tertiary/aromatic N) is 2. The number of rotatable bonds is 6. The van der Waals surface area contributed by atoms with E-state index in [2.05, 4.69) is 4.98 Å². The Balaban J connectivity index is 1.50. The average molecular weight is 366 g/mol. The highest BCUT2D eigenvalue weighted by molar-refractivity contribution is 7.20. The zero-order valence-electron chi connectivity index (χ0n) is 12.4. The second-order valence-electron chi connectivity index (χ2n) is 4.83. The van der Waals surface area contributed by atoms with Crippen molar-refractivity contribution in [3.63, 3.8) is 0 Å². The van der Waals surface area contributed by atoms with Gasteiger partial charge in [-0.05, 0) is 18.4 Å². The fraction of sp³-hybridized carbons (Fsp3) is 0.267. The highest BCUT2D eigenvalue weighted by Crippen LogP contribution is 2.27. The molecule has 0 bridgehead atoms. The molecule has 0 atom stereocenters. The SMILES string of the molecule is Cc1csc(=O)n1CCC(=O)OCc1csc(-c2cccs2)n1. The van der Waals surface area contributed by atoms with Crippen molar-refractivity contribution in [1.29, 1.82) is 0 Å². The molecule has 0 aliphatic carbocycles. The van der Waals surface area contributed by atoms with Crippen molar-refractivity contribution in [2.24, 2.45) is 0 Å². The van der Waals surface area contributed by atoms with E-state index in [1.54, 1.807) is 21.3 Å². The molecule has 0 aliphatic rings. The van der Waals surface area contributed by atoms with E-state index in [0.29, 0.717) is 6.54 Å². The lowest BCUT2D eigenvalue weighted by atomic mass is 10.4. The van der Waals surface area contributed by atoms with Gasteiger partial charge in [0.1, 0.15) is 11.6 Å². The molecule has 5 nitrogen and oxygen atoms in total. The summed E-state index contributed by atoms with van der Waals surface area (Å²) in [5, 5.41) is 6.63. The lowest BCUT2D eigenvalue weighted by Crippen LogP contribution is -2.17. The predicted octanol–water partition coefficient (Wildman–Crippen LogP) is 3.54. The summed E-state index contributed by atoms with van der Waals surface area (Å²) < 4.78 is 6.82. The fourth-order valence-corrected chi connectivity index (χ4v) is 4.37. The Morgan fingerprint density at radius 2 is 2.17 bits per heavy atom. The number of hydrogen-bond donors (Lipinski definition) is 0. The van der Waals surface area contributed by atoms with Crippen molar-refractivity contribution < 1.29 is 9.53 Å². The van der Waals surface area contributed by atoms with Crippen LogP contribution in [-0.4, -0.2) is 15.5 Å². The van der Waals surface area contributed by atoms with Gasteiger partial charge in [-0.15, -0.1) is 22.7 Å². The molecule has 3 heterocycles. The molecule has 0 aromatic carbocycles. The summed E-state index contributed by atoms with van der Waals surface area (Å²) >= 11 is 4.31. The van der Waals surface area contributed by atoms with Gasteiger partial charge in [-0.25, -0.2) is 4.98 Å². The first-order valence-electron chi connectivity index (χ1n) is 6.92. The Kier molecular flexibility index (Phi) is 5.04. The molecule has 0 N–H and O–H groups in total. The van der Waals surface area contributed by atoms with Gasteiger partial charge in [-0.1, -0.05) is 17.4 Å². The first-order valence-corrected chi connectivity index (χ1v) is 9.56. The van der Waals surface area contributed by atoms with Gasteiger partial charge in [-0.2, -0.15) is 0 Å². The molecular weight excluding hydrogens is 352 g/mol. The van der Waals surface area contributed by atoms with Crippen LogP contribution in [0.4, 0.5) is 0 Å². The quantitative estimate of drug-likeness (QED) is 0.626. The molecule has 3 aromatic heterocycles. The minimum absolute atomic E-state index is 0.0459. The van der Waals surface area contributed by atoms with Gasteiger partial charge in [0.25, 0.3) is 0 Å². The summed E-state index contributed by atoms with van der Waals surface area (Å²) in [4.78, 5) is 28.9. The molecule has 0 saturated heterocycles.